The Morgan fingerprint density at radius 1 is 1.44 bits per heavy atom. The van der Waals surface area contributed by atoms with Crippen LogP contribution in [0.3, 0.4) is 0 Å². The molecule has 1 aliphatic rings. The third-order valence-electron chi connectivity index (χ3n) is 2.24. The summed E-state index contributed by atoms with van der Waals surface area (Å²) in [6.07, 6.45) is 2.07. The predicted molar refractivity (Wildman–Crippen MR) is 69.9 cm³/mol. The molecule has 0 atom stereocenters. The van der Waals surface area contributed by atoms with Crippen LogP contribution in [0.4, 0.5) is 0 Å². The number of benzene rings is 1. The zero-order chi connectivity index (χ0) is 11.5. The number of ether oxygens (including phenoxy) is 2. The van der Waals surface area contributed by atoms with Crippen molar-refractivity contribution < 1.29 is 9.47 Å². The van der Waals surface area contributed by atoms with Crippen molar-refractivity contribution >= 4 is 33.6 Å². The molecule has 16 heavy (non-hydrogen) atoms. The highest BCUT2D eigenvalue weighted by Gasteiger charge is 2.15. The molecule has 1 aromatic carbocycles. The van der Waals surface area contributed by atoms with Gasteiger partial charge in [0.2, 0.25) is 0 Å². The van der Waals surface area contributed by atoms with Crippen LogP contribution in [0.25, 0.3) is 6.08 Å². The lowest BCUT2D eigenvalue weighted by molar-refractivity contribution is 0.171. The molecular formula is C12H12BrClO2. The fourth-order valence-corrected chi connectivity index (χ4v) is 1.97. The van der Waals surface area contributed by atoms with Gasteiger partial charge in [-0.15, -0.1) is 0 Å². The Hall–Kier alpha value is -0.670. The predicted octanol–water partition coefficient (Wildman–Crippen LogP) is 3.91. The van der Waals surface area contributed by atoms with Crippen molar-refractivity contribution in [3.63, 3.8) is 0 Å². The number of allylic oxidation sites excluding steroid dienone is 1. The van der Waals surface area contributed by atoms with Crippen molar-refractivity contribution in [3.05, 3.63) is 28.3 Å². The number of halogens is 2. The zero-order valence-electron chi connectivity index (χ0n) is 8.93. The van der Waals surface area contributed by atoms with Crippen LogP contribution in [0.1, 0.15) is 12.5 Å². The molecule has 0 radical (unpaired) electrons. The van der Waals surface area contributed by atoms with E-state index in [-0.39, 0.29) is 0 Å². The lowest BCUT2D eigenvalue weighted by Gasteiger charge is -2.19. The van der Waals surface area contributed by atoms with Crippen LogP contribution in [0.15, 0.2) is 17.7 Å². The number of rotatable bonds is 2. The maximum atomic E-state index is 6.13. The van der Waals surface area contributed by atoms with Gasteiger partial charge in [-0.2, -0.15) is 0 Å². The highest BCUT2D eigenvalue weighted by atomic mass is 79.9. The van der Waals surface area contributed by atoms with Crippen molar-refractivity contribution in [1.82, 2.24) is 0 Å². The normalized spacial score (nSPS) is 15.1. The van der Waals surface area contributed by atoms with Gasteiger partial charge in [-0.3, -0.25) is 0 Å². The fourth-order valence-electron chi connectivity index (χ4n) is 1.54. The van der Waals surface area contributed by atoms with Gasteiger partial charge >= 0.3 is 0 Å². The van der Waals surface area contributed by atoms with Gasteiger partial charge in [0.25, 0.3) is 0 Å². The molecule has 0 unspecified atom stereocenters. The summed E-state index contributed by atoms with van der Waals surface area (Å²) in [6, 6.07) is 3.84. The second kappa shape index (κ2) is 5.11. The fraction of sp³-hybridized carbons (Fsp3) is 0.333. The molecule has 1 heterocycles. The maximum absolute atomic E-state index is 6.13. The Morgan fingerprint density at radius 2 is 2.19 bits per heavy atom. The first kappa shape index (κ1) is 11.8. The van der Waals surface area contributed by atoms with Crippen molar-refractivity contribution in [1.29, 1.82) is 0 Å². The van der Waals surface area contributed by atoms with Gasteiger partial charge in [0.15, 0.2) is 11.5 Å². The number of alkyl halides is 1. The molecule has 0 saturated heterocycles. The molecule has 0 spiro atoms. The topological polar surface area (TPSA) is 18.5 Å². The van der Waals surface area contributed by atoms with Crippen molar-refractivity contribution in [3.8, 4) is 11.5 Å². The first-order valence-electron chi connectivity index (χ1n) is 5.03. The summed E-state index contributed by atoms with van der Waals surface area (Å²) in [5.74, 6) is 1.38. The van der Waals surface area contributed by atoms with Gasteiger partial charge in [0.1, 0.15) is 13.2 Å². The second-order valence-corrected chi connectivity index (χ2v) is 4.62. The minimum Gasteiger partial charge on any atom is -0.486 e. The molecule has 0 saturated carbocycles. The summed E-state index contributed by atoms with van der Waals surface area (Å²) < 4.78 is 11.0. The molecule has 0 aromatic heterocycles. The molecule has 0 aliphatic carbocycles. The van der Waals surface area contributed by atoms with Crippen LogP contribution in [0.5, 0.6) is 11.5 Å². The Bertz CT molecular complexity index is 429. The Labute approximate surface area is 108 Å². The molecule has 1 aliphatic heterocycles. The van der Waals surface area contributed by atoms with Gasteiger partial charge in [-0.25, -0.2) is 0 Å². The average Bonchev–Trinajstić information content (AvgIpc) is 2.29. The third kappa shape index (κ3) is 2.53. The zero-order valence-corrected chi connectivity index (χ0v) is 11.3. The van der Waals surface area contributed by atoms with Crippen LogP contribution >= 0.6 is 27.5 Å². The van der Waals surface area contributed by atoms with E-state index in [4.69, 9.17) is 21.1 Å². The highest BCUT2D eigenvalue weighted by molar-refractivity contribution is 9.09. The lowest BCUT2D eigenvalue weighted by Crippen LogP contribution is -2.15. The highest BCUT2D eigenvalue weighted by Crippen LogP contribution is 2.38. The van der Waals surface area contributed by atoms with Crippen LogP contribution in [-0.4, -0.2) is 18.5 Å². The molecule has 0 N–H and O–H groups in total. The molecule has 2 rings (SSSR count). The average molecular weight is 304 g/mol. The molecule has 0 fully saturated rings. The van der Waals surface area contributed by atoms with Gasteiger partial charge < -0.3 is 9.47 Å². The monoisotopic (exact) mass is 302 g/mol. The lowest BCUT2D eigenvalue weighted by atomic mass is 10.1. The van der Waals surface area contributed by atoms with E-state index in [1.54, 1.807) is 0 Å². The van der Waals surface area contributed by atoms with E-state index in [1.807, 2.05) is 12.1 Å². The Balaban J connectivity index is 2.39. The molecular weight excluding hydrogens is 291 g/mol. The van der Waals surface area contributed by atoms with E-state index in [2.05, 4.69) is 28.9 Å². The van der Waals surface area contributed by atoms with Crippen molar-refractivity contribution in [2.75, 3.05) is 18.5 Å². The third-order valence-corrected chi connectivity index (χ3v) is 3.41. The first-order chi connectivity index (χ1) is 7.70. The summed E-state index contributed by atoms with van der Waals surface area (Å²) in [5, 5.41) is 1.45. The molecule has 4 heteroatoms. The summed E-state index contributed by atoms with van der Waals surface area (Å²) in [4.78, 5) is 0. The quantitative estimate of drug-likeness (QED) is 0.771. The molecule has 0 bridgehead atoms. The summed E-state index contributed by atoms with van der Waals surface area (Å²) in [7, 11) is 0. The maximum Gasteiger partial charge on any atom is 0.179 e. The van der Waals surface area contributed by atoms with Gasteiger partial charge in [-0.05, 0) is 24.6 Å². The van der Waals surface area contributed by atoms with Gasteiger partial charge in [-0.1, -0.05) is 39.2 Å². The summed E-state index contributed by atoms with van der Waals surface area (Å²) >= 11 is 9.54. The van der Waals surface area contributed by atoms with Gasteiger partial charge in [0.05, 0.1) is 5.02 Å². The summed E-state index contributed by atoms with van der Waals surface area (Å²) in [5.41, 5.74) is 2.26. The van der Waals surface area contributed by atoms with Crippen molar-refractivity contribution in [2.45, 2.75) is 6.92 Å². The Morgan fingerprint density at radius 3 is 2.94 bits per heavy atom. The number of fused-ring (bicyclic) bond motifs is 1. The SMILES string of the molecule is CC(=Cc1cc(Cl)c2c(c1)OCCO2)CBr. The molecule has 1 aromatic rings. The molecule has 0 amide bonds. The molecule has 2 nitrogen and oxygen atoms in total. The molecule has 86 valence electrons. The van der Waals surface area contributed by atoms with E-state index >= 15 is 0 Å². The standard InChI is InChI=1S/C12H12BrClO2/c1-8(7-13)4-9-5-10(14)12-11(6-9)15-2-3-16-12/h4-6H,2-3,7H2,1H3. The minimum absolute atomic E-state index is 0.558. The van der Waals surface area contributed by atoms with Crippen LogP contribution in [0.2, 0.25) is 5.02 Å². The van der Waals surface area contributed by atoms with E-state index in [0.717, 1.165) is 16.6 Å². The van der Waals surface area contributed by atoms with Crippen LogP contribution < -0.4 is 9.47 Å². The minimum atomic E-state index is 0.558. The van der Waals surface area contributed by atoms with E-state index in [9.17, 15) is 0 Å². The largest absolute Gasteiger partial charge is 0.486 e. The smallest absolute Gasteiger partial charge is 0.179 e. The van der Waals surface area contributed by atoms with Crippen LogP contribution in [0, 0.1) is 0 Å². The van der Waals surface area contributed by atoms with E-state index in [1.165, 1.54) is 5.57 Å². The second-order valence-electron chi connectivity index (χ2n) is 3.65. The van der Waals surface area contributed by atoms with E-state index in [0.29, 0.717) is 24.0 Å². The first-order valence-corrected chi connectivity index (χ1v) is 6.53. The Kier molecular flexibility index (Phi) is 3.77. The van der Waals surface area contributed by atoms with Crippen molar-refractivity contribution in [2.24, 2.45) is 0 Å². The van der Waals surface area contributed by atoms with E-state index < -0.39 is 0 Å². The number of hydrogen-bond donors (Lipinski definition) is 0. The number of hydrogen-bond acceptors (Lipinski definition) is 2. The van der Waals surface area contributed by atoms with Crippen LogP contribution in [-0.2, 0) is 0 Å². The van der Waals surface area contributed by atoms with Gasteiger partial charge in [0, 0.05) is 5.33 Å². The summed E-state index contributed by atoms with van der Waals surface area (Å²) in [6.45, 7) is 3.19.